The second-order valence-electron chi connectivity index (χ2n) is 3.69. The van der Waals surface area contributed by atoms with Crippen molar-refractivity contribution in [3.63, 3.8) is 0 Å². The maximum Gasteiger partial charge on any atom is 0.146 e. The normalized spacial score (nSPS) is 10.7. The second kappa shape index (κ2) is 5.80. The average molecular weight is 254 g/mol. The van der Waals surface area contributed by atoms with Gasteiger partial charge in [-0.25, -0.2) is 9.37 Å². The Morgan fingerprint density at radius 3 is 3.06 bits per heavy atom. The Bertz CT molecular complexity index is 471. The summed E-state index contributed by atoms with van der Waals surface area (Å²) in [5.41, 5.74) is 0.586. The zero-order chi connectivity index (χ0) is 12.1. The lowest BCUT2D eigenvalue weighted by Gasteiger charge is -2.07. The van der Waals surface area contributed by atoms with Gasteiger partial charge in [0, 0.05) is 37.6 Å². The molecule has 0 saturated heterocycles. The number of nitrogens with one attached hydrogen (secondary N) is 1. The first-order valence-electron chi connectivity index (χ1n) is 5.36. The number of aromatic nitrogens is 2. The number of halogens is 2. The number of rotatable bonds is 5. The summed E-state index contributed by atoms with van der Waals surface area (Å²) in [6.07, 6.45) is 5.37. The monoisotopic (exact) mass is 253 g/mol. The van der Waals surface area contributed by atoms with Gasteiger partial charge in [0.05, 0.1) is 11.3 Å². The van der Waals surface area contributed by atoms with Gasteiger partial charge < -0.3 is 9.88 Å². The lowest BCUT2D eigenvalue weighted by atomic mass is 10.2. The molecule has 1 N–H and O–H groups in total. The van der Waals surface area contributed by atoms with E-state index in [1.165, 1.54) is 0 Å². The highest BCUT2D eigenvalue weighted by molar-refractivity contribution is 6.30. The molecule has 3 nitrogen and oxygen atoms in total. The molecule has 5 heteroatoms. The van der Waals surface area contributed by atoms with Gasteiger partial charge in [0.25, 0.3) is 0 Å². The molecule has 0 radical (unpaired) electrons. The van der Waals surface area contributed by atoms with Crippen LogP contribution in [-0.4, -0.2) is 16.1 Å². The van der Waals surface area contributed by atoms with Crippen LogP contribution >= 0.6 is 11.6 Å². The molecule has 1 aromatic carbocycles. The van der Waals surface area contributed by atoms with E-state index in [0.717, 1.165) is 13.1 Å². The number of nitrogens with zero attached hydrogens (tertiary/aromatic N) is 2. The van der Waals surface area contributed by atoms with Crippen LogP contribution in [0.4, 0.5) is 4.39 Å². The van der Waals surface area contributed by atoms with Crippen LogP contribution < -0.4 is 5.32 Å². The Balaban J connectivity index is 1.80. The Kier molecular flexibility index (Phi) is 4.12. The zero-order valence-electron chi connectivity index (χ0n) is 9.24. The van der Waals surface area contributed by atoms with Crippen LogP contribution in [0.1, 0.15) is 5.56 Å². The van der Waals surface area contributed by atoms with Crippen molar-refractivity contribution in [1.82, 2.24) is 14.9 Å². The van der Waals surface area contributed by atoms with Gasteiger partial charge in [-0.3, -0.25) is 0 Å². The molecule has 0 spiro atoms. The molecule has 2 rings (SSSR count). The Labute approximate surface area is 104 Å². The molecule has 0 fully saturated rings. The van der Waals surface area contributed by atoms with Crippen molar-refractivity contribution in [2.24, 2.45) is 0 Å². The maximum absolute atomic E-state index is 13.5. The standard InChI is InChI=1S/C12H13ClFN3/c13-11-3-1-2-10(12(11)14)8-15-4-6-17-7-5-16-9-17/h1-3,5,7,9,15H,4,6,8H2. The summed E-state index contributed by atoms with van der Waals surface area (Å²) in [5, 5.41) is 3.33. The highest BCUT2D eigenvalue weighted by Crippen LogP contribution is 2.17. The topological polar surface area (TPSA) is 29.9 Å². The quantitative estimate of drug-likeness (QED) is 0.830. The molecule has 17 heavy (non-hydrogen) atoms. The molecular formula is C12H13ClFN3. The summed E-state index contributed by atoms with van der Waals surface area (Å²) < 4.78 is 15.5. The van der Waals surface area contributed by atoms with Crippen LogP contribution in [0.3, 0.4) is 0 Å². The smallest absolute Gasteiger partial charge is 0.146 e. The van der Waals surface area contributed by atoms with Gasteiger partial charge >= 0.3 is 0 Å². The van der Waals surface area contributed by atoms with Gasteiger partial charge in [-0.2, -0.15) is 0 Å². The van der Waals surface area contributed by atoms with Crippen molar-refractivity contribution in [3.05, 3.63) is 53.3 Å². The summed E-state index contributed by atoms with van der Waals surface area (Å²) in [5.74, 6) is -0.343. The SMILES string of the molecule is Fc1c(Cl)cccc1CNCCn1ccnc1. The van der Waals surface area contributed by atoms with Crippen LogP contribution in [0.2, 0.25) is 5.02 Å². The minimum atomic E-state index is -0.343. The molecule has 0 atom stereocenters. The van der Waals surface area contributed by atoms with E-state index in [1.807, 2.05) is 10.8 Å². The van der Waals surface area contributed by atoms with E-state index < -0.39 is 0 Å². The molecule has 0 aliphatic heterocycles. The minimum Gasteiger partial charge on any atom is -0.336 e. The van der Waals surface area contributed by atoms with Crippen molar-refractivity contribution < 1.29 is 4.39 Å². The largest absolute Gasteiger partial charge is 0.336 e. The van der Waals surface area contributed by atoms with Crippen molar-refractivity contribution in [3.8, 4) is 0 Å². The third-order valence-corrected chi connectivity index (χ3v) is 2.74. The summed E-state index contributed by atoms with van der Waals surface area (Å²) in [4.78, 5) is 3.94. The van der Waals surface area contributed by atoms with Gasteiger partial charge in [0.1, 0.15) is 5.82 Å². The number of benzene rings is 1. The number of hydrogen-bond donors (Lipinski definition) is 1. The third-order valence-electron chi connectivity index (χ3n) is 2.45. The summed E-state index contributed by atoms with van der Waals surface area (Å²) in [6, 6.07) is 5.02. The lowest BCUT2D eigenvalue weighted by molar-refractivity contribution is 0.565. The molecule has 0 aliphatic carbocycles. The third kappa shape index (κ3) is 3.28. The first kappa shape index (κ1) is 12.1. The molecule has 1 heterocycles. The minimum absolute atomic E-state index is 0.166. The van der Waals surface area contributed by atoms with E-state index in [4.69, 9.17) is 11.6 Å². The van der Waals surface area contributed by atoms with Crippen molar-refractivity contribution in [1.29, 1.82) is 0 Å². The Morgan fingerprint density at radius 2 is 2.29 bits per heavy atom. The van der Waals surface area contributed by atoms with Crippen molar-refractivity contribution in [2.75, 3.05) is 6.54 Å². The van der Waals surface area contributed by atoms with E-state index in [9.17, 15) is 4.39 Å². The van der Waals surface area contributed by atoms with Crippen LogP contribution in [0.15, 0.2) is 36.9 Å². The molecule has 0 aliphatic rings. The highest BCUT2D eigenvalue weighted by atomic mass is 35.5. The summed E-state index contributed by atoms with van der Waals surface area (Å²) in [7, 11) is 0. The summed E-state index contributed by atoms with van der Waals surface area (Å²) in [6.45, 7) is 2.03. The van der Waals surface area contributed by atoms with Gasteiger partial charge in [-0.05, 0) is 6.07 Å². The molecule has 1 aromatic heterocycles. The van der Waals surface area contributed by atoms with E-state index in [-0.39, 0.29) is 10.8 Å². The molecule has 0 bridgehead atoms. The fourth-order valence-corrected chi connectivity index (χ4v) is 1.73. The molecular weight excluding hydrogens is 241 g/mol. The molecule has 0 saturated carbocycles. The van der Waals surface area contributed by atoms with E-state index >= 15 is 0 Å². The van der Waals surface area contributed by atoms with Gasteiger partial charge in [-0.1, -0.05) is 23.7 Å². The Hall–Kier alpha value is -1.39. The molecule has 2 aromatic rings. The van der Waals surface area contributed by atoms with Crippen LogP contribution in [-0.2, 0) is 13.1 Å². The number of imidazole rings is 1. The van der Waals surface area contributed by atoms with Gasteiger partial charge in [-0.15, -0.1) is 0 Å². The lowest BCUT2D eigenvalue weighted by Crippen LogP contribution is -2.19. The fraction of sp³-hybridized carbons (Fsp3) is 0.250. The fourth-order valence-electron chi connectivity index (χ4n) is 1.54. The first-order chi connectivity index (χ1) is 8.27. The predicted octanol–water partition coefficient (Wildman–Crippen LogP) is 2.47. The average Bonchev–Trinajstić information content (AvgIpc) is 2.83. The summed E-state index contributed by atoms with van der Waals surface area (Å²) >= 11 is 5.69. The molecule has 90 valence electrons. The zero-order valence-corrected chi connectivity index (χ0v) is 9.99. The van der Waals surface area contributed by atoms with E-state index in [2.05, 4.69) is 10.3 Å². The second-order valence-corrected chi connectivity index (χ2v) is 4.10. The van der Waals surface area contributed by atoms with Crippen LogP contribution in [0.5, 0.6) is 0 Å². The Morgan fingerprint density at radius 1 is 1.41 bits per heavy atom. The van der Waals surface area contributed by atoms with Crippen molar-refractivity contribution in [2.45, 2.75) is 13.1 Å². The van der Waals surface area contributed by atoms with Crippen LogP contribution in [0.25, 0.3) is 0 Å². The number of hydrogen-bond acceptors (Lipinski definition) is 2. The van der Waals surface area contributed by atoms with Gasteiger partial charge in [0.15, 0.2) is 0 Å². The van der Waals surface area contributed by atoms with Gasteiger partial charge in [0.2, 0.25) is 0 Å². The van der Waals surface area contributed by atoms with E-state index in [1.54, 1.807) is 30.7 Å². The highest BCUT2D eigenvalue weighted by Gasteiger charge is 2.04. The van der Waals surface area contributed by atoms with E-state index in [0.29, 0.717) is 12.1 Å². The maximum atomic E-state index is 13.5. The van der Waals surface area contributed by atoms with Crippen molar-refractivity contribution >= 4 is 11.6 Å². The van der Waals surface area contributed by atoms with Crippen LogP contribution in [0, 0.1) is 5.82 Å². The first-order valence-corrected chi connectivity index (χ1v) is 5.74. The predicted molar refractivity (Wildman–Crippen MR) is 65.3 cm³/mol. The molecule has 0 amide bonds. The molecule has 0 unspecified atom stereocenters.